The largest absolute Gasteiger partial charge is 0.463 e. The lowest BCUT2D eigenvalue weighted by Crippen LogP contribution is -2.33. The highest BCUT2D eigenvalue weighted by molar-refractivity contribution is 6.04. The SMILES string of the molecule is COCCN=C(NC(=O)c1ccc(F)cc1)OCCOC. The van der Waals surface area contributed by atoms with Crippen molar-refractivity contribution in [3.8, 4) is 0 Å². The monoisotopic (exact) mass is 298 g/mol. The van der Waals surface area contributed by atoms with Gasteiger partial charge >= 0.3 is 0 Å². The molecule has 21 heavy (non-hydrogen) atoms. The topological polar surface area (TPSA) is 69.2 Å². The molecule has 1 N–H and O–H groups in total. The zero-order valence-corrected chi connectivity index (χ0v) is 12.1. The fourth-order valence-corrected chi connectivity index (χ4v) is 1.35. The van der Waals surface area contributed by atoms with Crippen LogP contribution in [-0.2, 0) is 14.2 Å². The van der Waals surface area contributed by atoms with Crippen LogP contribution in [0.25, 0.3) is 0 Å². The van der Waals surface area contributed by atoms with Gasteiger partial charge in [-0.3, -0.25) is 10.1 Å². The van der Waals surface area contributed by atoms with Crippen molar-refractivity contribution in [2.75, 3.05) is 40.6 Å². The summed E-state index contributed by atoms with van der Waals surface area (Å²) in [5, 5.41) is 2.53. The average Bonchev–Trinajstić information content (AvgIpc) is 2.48. The molecule has 0 saturated carbocycles. The molecule has 1 rings (SSSR count). The lowest BCUT2D eigenvalue weighted by Gasteiger charge is -2.10. The number of hydrogen-bond acceptors (Lipinski definition) is 5. The number of amides is 1. The maximum Gasteiger partial charge on any atom is 0.291 e. The summed E-state index contributed by atoms with van der Waals surface area (Å²) >= 11 is 0. The van der Waals surface area contributed by atoms with Gasteiger partial charge in [-0.05, 0) is 24.3 Å². The summed E-state index contributed by atoms with van der Waals surface area (Å²) in [5.41, 5.74) is 0.311. The highest BCUT2D eigenvalue weighted by Gasteiger charge is 2.10. The molecule has 0 heterocycles. The van der Waals surface area contributed by atoms with Crippen molar-refractivity contribution in [1.82, 2.24) is 5.32 Å². The Balaban J connectivity index is 2.63. The molecular weight excluding hydrogens is 279 g/mol. The molecular formula is C14H19FN2O4. The zero-order valence-electron chi connectivity index (χ0n) is 12.1. The van der Waals surface area contributed by atoms with Gasteiger partial charge in [-0.15, -0.1) is 0 Å². The molecule has 0 unspecified atom stereocenters. The summed E-state index contributed by atoms with van der Waals surface area (Å²) in [4.78, 5) is 16.1. The van der Waals surface area contributed by atoms with E-state index in [9.17, 15) is 9.18 Å². The lowest BCUT2D eigenvalue weighted by molar-refractivity contribution is 0.0953. The number of aliphatic imine (C=N–C) groups is 1. The first-order chi connectivity index (χ1) is 10.2. The van der Waals surface area contributed by atoms with Crippen molar-refractivity contribution in [3.05, 3.63) is 35.6 Å². The zero-order chi connectivity index (χ0) is 15.5. The molecule has 0 saturated heterocycles. The number of halogens is 1. The van der Waals surface area contributed by atoms with Gasteiger partial charge in [0.1, 0.15) is 12.4 Å². The van der Waals surface area contributed by atoms with Crippen LogP contribution in [0.5, 0.6) is 0 Å². The molecule has 0 spiro atoms. The molecule has 0 fully saturated rings. The molecule has 0 atom stereocenters. The van der Waals surface area contributed by atoms with E-state index < -0.39 is 11.7 Å². The van der Waals surface area contributed by atoms with Gasteiger partial charge in [0.2, 0.25) is 0 Å². The number of hydrogen-bond donors (Lipinski definition) is 1. The Labute approximate surface area is 122 Å². The third-order valence-corrected chi connectivity index (χ3v) is 2.40. The maximum absolute atomic E-state index is 12.8. The molecule has 0 radical (unpaired) electrons. The van der Waals surface area contributed by atoms with E-state index in [1.54, 1.807) is 14.2 Å². The van der Waals surface area contributed by atoms with E-state index >= 15 is 0 Å². The van der Waals surface area contributed by atoms with Crippen molar-refractivity contribution in [2.24, 2.45) is 4.99 Å². The molecule has 1 aromatic rings. The summed E-state index contributed by atoms with van der Waals surface area (Å²) in [7, 11) is 3.10. The number of nitrogens with zero attached hydrogens (tertiary/aromatic N) is 1. The van der Waals surface area contributed by atoms with Crippen LogP contribution in [0.2, 0.25) is 0 Å². The third-order valence-electron chi connectivity index (χ3n) is 2.40. The minimum atomic E-state index is -0.427. The van der Waals surface area contributed by atoms with Crippen LogP contribution in [-0.4, -0.2) is 52.5 Å². The quantitative estimate of drug-likeness (QED) is 0.467. The summed E-state index contributed by atoms with van der Waals surface area (Å²) in [6.45, 7) is 1.38. The molecule has 0 aromatic heterocycles. The summed E-state index contributed by atoms with van der Waals surface area (Å²) in [5.74, 6) is -0.833. The van der Waals surface area contributed by atoms with Gasteiger partial charge in [-0.2, -0.15) is 0 Å². The minimum Gasteiger partial charge on any atom is -0.463 e. The lowest BCUT2D eigenvalue weighted by atomic mass is 10.2. The maximum atomic E-state index is 12.8. The van der Waals surface area contributed by atoms with Gasteiger partial charge in [0.05, 0.1) is 19.8 Å². The van der Waals surface area contributed by atoms with Crippen molar-refractivity contribution in [2.45, 2.75) is 0 Å². The second-order valence-electron chi connectivity index (χ2n) is 3.98. The van der Waals surface area contributed by atoms with E-state index in [0.717, 1.165) is 0 Å². The predicted molar refractivity (Wildman–Crippen MR) is 75.9 cm³/mol. The third kappa shape index (κ3) is 6.82. The van der Waals surface area contributed by atoms with Crippen molar-refractivity contribution < 1.29 is 23.4 Å². The van der Waals surface area contributed by atoms with Crippen LogP contribution in [0, 0.1) is 5.82 Å². The number of carbonyl (C=O) groups excluding carboxylic acids is 1. The fourth-order valence-electron chi connectivity index (χ4n) is 1.35. The smallest absolute Gasteiger partial charge is 0.291 e. The first-order valence-corrected chi connectivity index (χ1v) is 6.39. The van der Waals surface area contributed by atoms with Gasteiger partial charge in [-0.1, -0.05) is 0 Å². The standard InChI is InChI=1S/C14H19FN2O4/c1-19-8-7-16-14(21-10-9-20-2)17-13(18)11-3-5-12(15)6-4-11/h3-6H,7-10H2,1-2H3,(H,16,17,18). The molecule has 1 amide bonds. The van der Waals surface area contributed by atoms with Crippen LogP contribution in [0.4, 0.5) is 4.39 Å². The van der Waals surface area contributed by atoms with Crippen LogP contribution in [0.3, 0.4) is 0 Å². The first kappa shape index (κ1) is 17.1. The predicted octanol–water partition coefficient (Wildman–Crippen LogP) is 1.22. The second kappa shape index (κ2) is 9.84. The van der Waals surface area contributed by atoms with E-state index in [0.29, 0.717) is 25.3 Å². The van der Waals surface area contributed by atoms with Crippen molar-refractivity contribution in [1.29, 1.82) is 0 Å². The summed E-state index contributed by atoms with van der Waals surface area (Å²) in [6, 6.07) is 5.27. The Morgan fingerprint density at radius 3 is 2.43 bits per heavy atom. The number of nitrogens with one attached hydrogen (secondary N) is 1. The summed E-state index contributed by atoms with van der Waals surface area (Å²) in [6.07, 6.45) is 0. The number of methoxy groups -OCH3 is 2. The Morgan fingerprint density at radius 1 is 1.14 bits per heavy atom. The van der Waals surface area contributed by atoms with Crippen LogP contribution < -0.4 is 5.32 Å². The molecule has 7 heteroatoms. The Morgan fingerprint density at radius 2 is 1.81 bits per heavy atom. The van der Waals surface area contributed by atoms with E-state index in [1.807, 2.05) is 0 Å². The number of carbonyl (C=O) groups is 1. The van der Waals surface area contributed by atoms with Gasteiger partial charge in [0.25, 0.3) is 11.9 Å². The number of ether oxygens (including phenoxy) is 3. The Hall–Kier alpha value is -1.99. The molecule has 0 aliphatic carbocycles. The number of rotatable bonds is 7. The van der Waals surface area contributed by atoms with Crippen LogP contribution >= 0.6 is 0 Å². The van der Waals surface area contributed by atoms with Gasteiger partial charge in [0.15, 0.2) is 0 Å². The van der Waals surface area contributed by atoms with E-state index in [-0.39, 0.29) is 12.6 Å². The molecule has 6 nitrogen and oxygen atoms in total. The van der Waals surface area contributed by atoms with E-state index in [2.05, 4.69) is 10.3 Å². The Bertz CT molecular complexity index is 463. The van der Waals surface area contributed by atoms with E-state index in [4.69, 9.17) is 14.2 Å². The molecule has 0 aliphatic heterocycles. The van der Waals surface area contributed by atoms with Gasteiger partial charge in [-0.25, -0.2) is 9.38 Å². The number of benzene rings is 1. The molecule has 1 aromatic carbocycles. The van der Waals surface area contributed by atoms with Crippen LogP contribution in [0.1, 0.15) is 10.4 Å². The highest BCUT2D eigenvalue weighted by Crippen LogP contribution is 2.02. The second-order valence-corrected chi connectivity index (χ2v) is 3.98. The molecule has 0 aliphatic rings. The van der Waals surface area contributed by atoms with Crippen LogP contribution in [0.15, 0.2) is 29.3 Å². The minimum absolute atomic E-state index is 0.0819. The number of amidine groups is 1. The summed E-state index contributed by atoms with van der Waals surface area (Å²) < 4.78 is 27.9. The van der Waals surface area contributed by atoms with Gasteiger partial charge < -0.3 is 14.2 Å². The average molecular weight is 298 g/mol. The fraction of sp³-hybridized carbons (Fsp3) is 0.429. The van der Waals surface area contributed by atoms with Crippen molar-refractivity contribution >= 4 is 11.9 Å². The molecule has 0 bridgehead atoms. The highest BCUT2D eigenvalue weighted by atomic mass is 19.1. The molecule has 116 valence electrons. The normalized spacial score (nSPS) is 11.3. The van der Waals surface area contributed by atoms with Crippen molar-refractivity contribution in [3.63, 3.8) is 0 Å². The Kier molecular flexibility index (Phi) is 8.00. The van der Waals surface area contributed by atoms with E-state index in [1.165, 1.54) is 24.3 Å². The van der Waals surface area contributed by atoms with Gasteiger partial charge in [0, 0.05) is 19.8 Å². The first-order valence-electron chi connectivity index (χ1n) is 6.39.